The highest BCUT2D eigenvalue weighted by Gasteiger charge is 2.08. The van der Waals surface area contributed by atoms with Gasteiger partial charge >= 0.3 is 0 Å². The Balaban J connectivity index is 2.43. The molecule has 0 bridgehead atoms. The van der Waals surface area contributed by atoms with Crippen molar-refractivity contribution in [2.24, 2.45) is 5.73 Å². The summed E-state index contributed by atoms with van der Waals surface area (Å²) in [5.74, 6) is -0.0445. The first-order valence-corrected chi connectivity index (χ1v) is 6.28. The van der Waals surface area contributed by atoms with E-state index in [9.17, 15) is 8.42 Å². The van der Waals surface area contributed by atoms with Crippen LogP contribution in [0.5, 0.6) is 0 Å². The highest BCUT2D eigenvalue weighted by Crippen LogP contribution is 2.00. The van der Waals surface area contributed by atoms with Gasteiger partial charge in [-0.1, -0.05) is 0 Å². The Morgan fingerprint density at radius 2 is 2.38 bits per heavy atom. The molecule has 5 nitrogen and oxygen atoms in total. The first-order chi connectivity index (χ1) is 6.14. The Hall–Kier alpha value is -0.500. The second-order valence-electron chi connectivity index (χ2n) is 2.41. The van der Waals surface area contributed by atoms with Gasteiger partial charge in [-0.25, -0.2) is 18.1 Å². The summed E-state index contributed by atoms with van der Waals surface area (Å²) in [6.45, 7) is 0.373. The number of rotatable bonds is 5. The molecule has 0 aliphatic rings. The summed E-state index contributed by atoms with van der Waals surface area (Å²) >= 11 is 1.43. The SMILES string of the molecule is NCCS(=O)(=O)NCc1cscn1. The summed E-state index contributed by atoms with van der Waals surface area (Å²) in [6.07, 6.45) is 0. The highest BCUT2D eigenvalue weighted by atomic mass is 32.2. The number of sulfonamides is 1. The average Bonchev–Trinajstić information content (AvgIpc) is 2.52. The van der Waals surface area contributed by atoms with Crippen molar-refractivity contribution in [3.05, 3.63) is 16.6 Å². The van der Waals surface area contributed by atoms with Crippen LogP contribution in [0.1, 0.15) is 5.69 Å². The molecule has 0 saturated carbocycles. The molecule has 1 heterocycles. The maximum absolute atomic E-state index is 11.1. The molecule has 0 aromatic carbocycles. The number of thiazole rings is 1. The van der Waals surface area contributed by atoms with Crippen LogP contribution in [0.15, 0.2) is 10.9 Å². The van der Waals surface area contributed by atoms with Crippen LogP contribution in [0.25, 0.3) is 0 Å². The Bertz CT molecular complexity index is 333. The van der Waals surface area contributed by atoms with Crippen LogP contribution in [0, 0.1) is 0 Å². The second-order valence-corrected chi connectivity index (χ2v) is 5.05. The molecule has 74 valence electrons. The molecule has 0 saturated heterocycles. The van der Waals surface area contributed by atoms with Crippen molar-refractivity contribution >= 4 is 21.4 Å². The molecule has 1 aromatic rings. The fraction of sp³-hybridized carbons (Fsp3) is 0.500. The molecule has 0 aliphatic heterocycles. The maximum Gasteiger partial charge on any atom is 0.213 e. The van der Waals surface area contributed by atoms with Crippen LogP contribution < -0.4 is 10.5 Å². The van der Waals surface area contributed by atoms with Crippen molar-refractivity contribution in [2.75, 3.05) is 12.3 Å². The fourth-order valence-corrected chi connectivity index (χ4v) is 2.12. The molecule has 1 aromatic heterocycles. The van der Waals surface area contributed by atoms with Crippen LogP contribution in [-0.4, -0.2) is 25.7 Å². The summed E-state index contributed by atoms with van der Waals surface area (Å²) in [6, 6.07) is 0. The third-order valence-electron chi connectivity index (χ3n) is 1.34. The number of aromatic nitrogens is 1. The minimum atomic E-state index is -3.22. The Kier molecular flexibility index (Phi) is 3.79. The Labute approximate surface area is 81.0 Å². The molecule has 7 heteroatoms. The summed E-state index contributed by atoms with van der Waals surface area (Å²) < 4.78 is 24.6. The minimum absolute atomic E-state index is 0.0445. The molecule has 0 amide bonds. The molecule has 0 unspecified atom stereocenters. The van der Waals surface area contributed by atoms with Gasteiger partial charge in [-0.05, 0) is 0 Å². The largest absolute Gasteiger partial charge is 0.329 e. The van der Waals surface area contributed by atoms with Crippen LogP contribution in [0.2, 0.25) is 0 Å². The molecule has 3 N–H and O–H groups in total. The van der Waals surface area contributed by atoms with Gasteiger partial charge in [0.05, 0.1) is 23.5 Å². The topological polar surface area (TPSA) is 85.1 Å². The molecule has 0 atom stereocenters. The number of nitrogens with two attached hydrogens (primary N) is 1. The molecule has 0 aliphatic carbocycles. The number of nitrogens with one attached hydrogen (secondary N) is 1. The van der Waals surface area contributed by atoms with E-state index in [0.29, 0.717) is 0 Å². The fourth-order valence-electron chi connectivity index (χ4n) is 0.736. The number of nitrogens with zero attached hydrogens (tertiary/aromatic N) is 1. The minimum Gasteiger partial charge on any atom is -0.329 e. The average molecular weight is 221 g/mol. The third-order valence-corrected chi connectivity index (χ3v) is 3.34. The Morgan fingerprint density at radius 1 is 1.62 bits per heavy atom. The Morgan fingerprint density at radius 3 is 2.92 bits per heavy atom. The zero-order chi connectivity index (χ0) is 9.73. The predicted octanol–water partition coefficient (Wildman–Crippen LogP) is -0.479. The summed E-state index contributed by atoms with van der Waals surface area (Å²) in [4.78, 5) is 3.94. The lowest BCUT2D eigenvalue weighted by atomic mass is 10.5. The van der Waals surface area contributed by atoms with Gasteiger partial charge in [0.25, 0.3) is 0 Å². The van der Waals surface area contributed by atoms with E-state index in [1.165, 1.54) is 11.3 Å². The van der Waals surface area contributed by atoms with Crippen molar-refractivity contribution < 1.29 is 8.42 Å². The van der Waals surface area contributed by atoms with Gasteiger partial charge in [-0.15, -0.1) is 11.3 Å². The van der Waals surface area contributed by atoms with Crippen LogP contribution in [-0.2, 0) is 16.6 Å². The predicted molar refractivity (Wildman–Crippen MR) is 51.8 cm³/mol. The standard InChI is InChI=1S/C6H11N3O2S2/c7-1-2-13(10,11)9-3-6-4-12-5-8-6/h4-5,9H,1-3,7H2. The van der Waals surface area contributed by atoms with Gasteiger partial charge in [0.2, 0.25) is 10.0 Å². The first kappa shape index (κ1) is 10.6. The lowest BCUT2D eigenvalue weighted by Crippen LogP contribution is -2.29. The third kappa shape index (κ3) is 3.81. The second kappa shape index (κ2) is 4.66. The zero-order valence-corrected chi connectivity index (χ0v) is 8.57. The van der Waals surface area contributed by atoms with E-state index >= 15 is 0 Å². The molecule has 0 fully saturated rings. The van der Waals surface area contributed by atoms with Crippen molar-refractivity contribution in [2.45, 2.75) is 6.54 Å². The van der Waals surface area contributed by atoms with Gasteiger partial charge in [-0.3, -0.25) is 0 Å². The summed E-state index contributed by atoms with van der Waals surface area (Å²) in [5, 5.41) is 1.80. The first-order valence-electron chi connectivity index (χ1n) is 3.68. The van der Waals surface area contributed by atoms with Crippen LogP contribution in [0.4, 0.5) is 0 Å². The normalized spacial score (nSPS) is 11.8. The van der Waals surface area contributed by atoms with Crippen molar-refractivity contribution in [1.29, 1.82) is 0 Å². The number of hydrogen-bond acceptors (Lipinski definition) is 5. The molecule has 13 heavy (non-hydrogen) atoms. The molecular weight excluding hydrogens is 210 g/mol. The van der Waals surface area contributed by atoms with Gasteiger partial charge in [0.15, 0.2) is 0 Å². The highest BCUT2D eigenvalue weighted by molar-refractivity contribution is 7.89. The molecular formula is C6H11N3O2S2. The molecule has 1 rings (SSSR count). The van der Waals surface area contributed by atoms with Crippen molar-refractivity contribution in [3.63, 3.8) is 0 Å². The van der Waals surface area contributed by atoms with E-state index in [2.05, 4.69) is 9.71 Å². The zero-order valence-electron chi connectivity index (χ0n) is 6.93. The van der Waals surface area contributed by atoms with Crippen LogP contribution >= 0.6 is 11.3 Å². The molecule has 0 radical (unpaired) electrons. The lowest BCUT2D eigenvalue weighted by molar-refractivity contribution is 0.580. The molecule has 0 spiro atoms. The quantitative estimate of drug-likeness (QED) is 0.703. The van der Waals surface area contributed by atoms with E-state index in [1.807, 2.05) is 0 Å². The van der Waals surface area contributed by atoms with Gasteiger partial charge in [0.1, 0.15) is 0 Å². The van der Waals surface area contributed by atoms with Gasteiger partial charge in [-0.2, -0.15) is 0 Å². The smallest absolute Gasteiger partial charge is 0.213 e. The maximum atomic E-state index is 11.1. The number of hydrogen-bond donors (Lipinski definition) is 2. The van der Waals surface area contributed by atoms with Crippen molar-refractivity contribution in [1.82, 2.24) is 9.71 Å². The van der Waals surface area contributed by atoms with E-state index in [-0.39, 0.29) is 18.8 Å². The van der Waals surface area contributed by atoms with Crippen molar-refractivity contribution in [3.8, 4) is 0 Å². The van der Waals surface area contributed by atoms with E-state index in [4.69, 9.17) is 5.73 Å². The van der Waals surface area contributed by atoms with E-state index in [1.54, 1.807) is 10.9 Å². The van der Waals surface area contributed by atoms with E-state index in [0.717, 1.165) is 5.69 Å². The van der Waals surface area contributed by atoms with Crippen LogP contribution in [0.3, 0.4) is 0 Å². The lowest BCUT2D eigenvalue weighted by Gasteiger charge is -2.02. The summed E-state index contributed by atoms with van der Waals surface area (Å²) in [7, 11) is -3.22. The van der Waals surface area contributed by atoms with Gasteiger partial charge < -0.3 is 5.73 Å². The summed E-state index contributed by atoms with van der Waals surface area (Å²) in [5.41, 5.74) is 7.52. The van der Waals surface area contributed by atoms with Gasteiger partial charge in [0, 0.05) is 11.9 Å². The monoisotopic (exact) mass is 221 g/mol. The van der Waals surface area contributed by atoms with E-state index < -0.39 is 10.0 Å².